The van der Waals surface area contributed by atoms with Gasteiger partial charge in [-0.05, 0) is 25.1 Å². The van der Waals surface area contributed by atoms with Gasteiger partial charge in [0.05, 0.1) is 6.54 Å². The van der Waals surface area contributed by atoms with Crippen LogP contribution < -0.4 is 5.32 Å². The van der Waals surface area contributed by atoms with E-state index in [2.05, 4.69) is 67.8 Å². The van der Waals surface area contributed by atoms with Crippen molar-refractivity contribution in [3.63, 3.8) is 0 Å². The van der Waals surface area contributed by atoms with Crippen molar-refractivity contribution in [2.75, 3.05) is 33.2 Å². The lowest BCUT2D eigenvalue weighted by Crippen LogP contribution is -2.43. The molecule has 146 valence electrons. The maximum atomic E-state index is 4.53. The van der Waals surface area contributed by atoms with Crippen molar-refractivity contribution in [3.05, 3.63) is 54.1 Å². The van der Waals surface area contributed by atoms with Gasteiger partial charge in [0, 0.05) is 45.1 Å². The number of benzene rings is 1. The van der Waals surface area contributed by atoms with Crippen molar-refractivity contribution in [3.8, 4) is 0 Å². The Morgan fingerprint density at radius 1 is 1.26 bits per heavy atom. The molecule has 6 nitrogen and oxygen atoms in total. The molecule has 1 aromatic carbocycles. The highest BCUT2D eigenvalue weighted by Gasteiger charge is 2.28. The van der Waals surface area contributed by atoms with Crippen LogP contribution in [-0.4, -0.2) is 64.6 Å². The zero-order valence-corrected chi connectivity index (χ0v) is 16.8. The average Bonchev–Trinajstić information content (AvgIpc) is 3.35. The summed E-state index contributed by atoms with van der Waals surface area (Å²) in [6.45, 7) is 10.3. The van der Waals surface area contributed by atoms with E-state index in [9.17, 15) is 0 Å². The van der Waals surface area contributed by atoms with Crippen LogP contribution in [0.25, 0.3) is 0 Å². The minimum atomic E-state index is 0.624. The van der Waals surface area contributed by atoms with Crippen LogP contribution in [0.5, 0.6) is 0 Å². The lowest BCUT2D eigenvalue weighted by atomic mass is 10.2. The van der Waals surface area contributed by atoms with E-state index in [1.165, 1.54) is 12.0 Å². The van der Waals surface area contributed by atoms with Gasteiger partial charge in [0.2, 0.25) is 0 Å². The van der Waals surface area contributed by atoms with Gasteiger partial charge < -0.3 is 14.8 Å². The number of nitrogens with zero attached hydrogens (tertiary/aromatic N) is 5. The Kier molecular flexibility index (Phi) is 6.87. The highest BCUT2D eigenvalue weighted by atomic mass is 15.3. The molecule has 1 saturated heterocycles. The first-order chi connectivity index (χ1) is 13.2. The Morgan fingerprint density at radius 3 is 2.74 bits per heavy atom. The molecule has 0 aliphatic carbocycles. The third kappa shape index (κ3) is 4.89. The van der Waals surface area contributed by atoms with Crippen molar-refractivity contribution in [2.45, 2.75) is 39.4 Å². The van der Waals surface area contributed by atoms with Gasteiger partial charge in [-0.25, -0.2) is 4.98 Å². The van der Waals surface area contributed by atoms with E-state index in [4.69, 9.17) is 0 Å². The van der Waals surface area contributed by atoms with Crippen LogP contribution >= 0.6 is 0 Å². The molecule has 1 fully saturated rings. The lowest BCUT2D eigenvalue weighted by Gasteiger charge is -2.27. The molecule has 1 unspecified atom stereocenters. The number of hydrogen-bond acceptors (Lipinski definition) is 3. The molecule has 0 spiro atoms. The molecule has 2 aromatic rings. The summed E-state index contributed by atoms with van der Waals surface area (Å²) >= 11 is 0. The summed E-state index contributed by atoms with van der Waals surface area (Å²) in [6, 6.07) is 11.1. The van der Waals surface area contributed by atoms with Crippen molar-refractivity contribution in [2.24, 2.45) is 4.99 Å². The molecule has 1 N–H and O–H groups in total. The Balaban J connectivity index is 1.57. The van der Waals surface area contributed by atoms with Gasteiger partial charge in [0.25, 0.3) is 0 Å². The fraction of sp³-hybridized carbons (Fsp3) is 0.524. The average molecular weight is 369 g/mol. The Bertz CT molecular complexity index is 719. The third-order valence-corrected chi connectivity index (χ3v) is 5.41. The molecule has 6 heteroatoms. The summed E-state index contributed by atoms with van der Waals surface area (Å²) in [5.74, 6) is 2.00. The number of rotatable bonds is 7. The second-order valence-electron chi connectivity index (χ2n) is 6.97. The highest BCUT2D eigenvalue weighted by molar-refractivity contribution is 5.80. The molecule has 0 saturated carbocycles. The predicted molar refractivity (Wildman–Crippen MR) is 111 cm³/mol. The summed E-state index contributed by atoms with van der Waals surface area (Å²) in [6.07, 6.45) is 5.11. The zero-order chi connectivity index (χ0) is 19.1. The lowest BCUT2D eigenvalue weighted by molar-refractivity contribution is 0.223. The number of likely N-dealkylation sites (tertiary alicyclic amines) is 1. The highest BCUT2D eigenvalue weighted by Crippen LogP contribution is 2.15. The number of imidazole rings is 1. The predicted octanol–water partition coefficient (Wildman–Crippen LogP) is 2.42. The monoisotopic (exact) mass is 368 g/mol. The number of likely N-dealkylation sites (N-methyl/N-ethyl adjacent to an activating group) is 1. The fourth-order valence-corrected chi connectivity index (χ4v) is 3.89. The number of guanidine groups is 1. The van der Waals surface area contributed by atoms with E-state index in [1.807, 2.05) is 25.5 Å². The molecule has 0 radical (unpaired) electrons. The third-order valence-electron chi connectivity index (χ3n) is 5.41. The van der Waals surface area contributed by atoms with Crippen LogP contribution in [-0.2, 0) is 13.1 Å². The molecule has 27 heavy (non-hydrogen) atoms. The Hall–Kier alpha value is -2.34. The van der Waals surface area contributed by atoms with E-state index in [0.29, 0.717) is 12.6 Å². The van der Waals surface area contributed by atoms with E-state index in [-0.39, 0.29) is 0 Å². The van der Waals surface area contributed by atoms with Crippen molar-refractivity contribution in [1.29, 1.82) is 0 Å². The van der Waals surface area contributed by atoms with Gasteiger partial charge in [-0.2, -0.15) is 0 Å². The number of nitrogens with one attached hydrogen (secondary N) is 1. The molecular formula is C21H32N6. The molecule has 0 amide bonds. The topological polar surface area (TPSA) is 48.7 Å². The molecule has 1 aliphatic heterocycles. The second-order valence-corrected chi connectivity index (χ2v) is 6.97. The van der Waals surface area contributed by atoms with Crippen molar-refractivity contribution >= 4 is 5.96 Å². The molecule has 3 rings (SSSR count). The van der Waals surface area contributed by atoms with Gasteiger partial charge in [-0.1, -0.05) is 44.2 Å². The van der Waals surface area contributed by atoms with E-state index < -0.39 is 0 Å². The maximum Gasteiger partial charge on any atom is 0.194 e. The van der Waals surface area contributed by atoms with Gasteiger partial charge in [-0.3, -0.25) is 9.89 Å². The fourth-order valence-electron chi connectivity index (χ4n) is 3.89. The summed E-state index contributed by atoms with van der Waals surface area (Å²) in [5, 5.41) is 3.51. The van der Waals surface area contributed by atoms with Crippen LogP contribution in [0.2, 0.25) is 0 Å². The van der Waals surface area contributed by atoms with E-state index in [1.54, 1.807) is 0 Å². The molecule has 1 atom stereocenters. The Morgan fingerprint density at radius 2 is 2.04 bits per heavy atom. The first-order valence-corrected chi connectivity index (χ1v) is 9.98. The number of aliphatic imine (C=N–C) groups is 1. The molecule has 1 aliphatic rings. The summed E-state index contributed by atoms with van der Waals surface area (Å²) in [5.41, 5.74) is 1.28. The van der Waals surface area contributed by atoms with Gasteiger partial charge in [0.15, 0.2) is 5.96 Å². The summed E-state index contributed by atoms with van der Waals surface area (Å²) in [4.78, 5) is 13.9. The van der Waals surface area contributed by atoms with Crippen LogP contribution in [0.1, 0.15) is 31.7 Å². The second kappa shape index (κ2) is 9.55. The normalized spacial score (nSPS) is 17.7. The SMILES string of the molecule is CCN(CC)C1CCN(C(=NC)NCc2nccn2Cc2ccccc2)C1. The number of hydrogen-bond donors (Lipinski definition) is 1. The van der Waals surface area contributed by atoms with Crippen LogP contribution in [0.15, 0.2) is 47.7 Å². The largest absolute Gasteiger partial charge is 0.349 e. The van der Waals surface area contributed by atoms with Gasteiger partial charge in [-0.15, -0.1) is 0 Å². The van der Waals surface area contributed by atoms with Crippen molar-refractivity contribution < 1.29 is 0 Å². The van der Waals surface area contributed by atoms with Gasteiger partial charge >= 0.3 is 0 Å². The molecule has 1 aromatic heterocycles. The maximum absolute atomic E-state index is 4.53. The first kappa shape index (κ1) is 19.4. The summed E-state index contributed by atoms with van der Waals surface area (Å²) in [7, 11) is 1.86. The smallest absolute Gasteiger partial charge is 0.194 e. The van der Waals surface area contributed by atoms with Crippen LogP contribution in [0.3, 0.4) is 0 Å². The quantitative estimate of drug-likeness (QED) is 0.602. The van der Waals surface area contributed by atoms with Gasteiger partial charge in [0.1, 0.15) is 5.82 Å². The van der Waals surface area contributed by atoms with Crippen LogP contribution in [0.4, 0.5) is 0 Å². The first-order valence-electron chi connectivity index (χ1n) is 9.98. The number of aromatic nitrogens is 2. The minimum Gasteiger partial charge on any atom is -0.349 e. The minimum absolute atomic E-state index is 0.624. The standard InChI is InChI=1S/C21H32N6/c1-4-25(5-2)19-11-13-27(17-19)21(22-3)24-15-20-23-12-14-26(20)16-18-9-7-6-8-10-18/h6-10,12,14,19H,4-5,11,13,15-17H2,1-3H3,(H,22,24). The Labute approximate surface area is 162 Å². The molecular weight excluding hydrogens is 336 g/mol. The summed E-state index contributed by atoms with van der Waals surface area (Å²) < 4.78 is 2.19. The van der Waals surface area contributed by atoms with E-state index in [0.717, 1.165) is 44.5 Å². The van der Waals surface area contributed by atoms with Crippen molar-refractivity contribution in [1.82, 2.24) is 24.7 Å². The van der Waals surface area contributed by atoms with Crippen LogP contribution in [0, 0.1) is 0 Å². The van der Waals surface area contributed by atoms with E-state index >= 15 is 0 Å². The zero-order valence-electron chi connectivity index (χ0n) is 16.8. The molecule has 2 heterocycles. The molecule has 0 bridgehead atoms.